The molecule has 2 aromatic rings. The maximum atomic E-state index is 11.8. The molecular weight excluding hydrogens is 318 g/mol. The van der Waals surface area contributed by atoms with E-state index in [0.29, 0.717) is 11.4 Å². The van der Waals surface area contributed by atoms with E-state index < -0.39 is 0 Å². The fraction of sp³-hybridized carbons (Fsp3) is 0.211. The molecule has 0 saturated heterocycles. The minimum atomic E-state index is -0.341. The van der Waals surface area contributed by atoms with E-state index >= 15 is 0 Å². The molecule has 0 unspecified atom stereocenters. The van der Waals surface area contributed by atoms with Crippen LogP contribution in [-0.2, 0) is 9.59 Å². The molecule has 2 amide bonds. The molecule has 0 aliphatic rings. The van der Waals surface area contributed by atoms with Gasteiger partial charge < -0.3 is 10.1 Å². The highest BCUT2D eigenvalue weighted by Gasteiger charge is 2.04. The van der Waals surface area contributed by atoms with Gasteiger partial charge in [0.2, 0.25) is 5.91 Å². The Bertz CT molecular complexity index is 783. The van der Waals surface area contributed by atoms with Crippen molar-refractivity contribution >= 4 is 23.7 Å². The van der Waals surface area contributed by atoms with Gasteiger partial charge >= 0.3 is 0 Å². The summed E-state index contributed by atoms with van der Waals surface area (Å²) in [4.78, 5) is 22.7. The molecule has 0 saturated carbocycles. The summed E-state index contributed by atoms with van der Waals surface area (Å²) in [5.74, 6) is 0.220. The van der Waals surface area contributed by atoms with Crippen LogP contribution in [0.15, 0.2) is 47.6 Å². The highest BCUT2D eigenvalue weighted by atomic mass is 16.5. The molecule has 6 heteroatoms. The van der Waals surface area contributed by atoms with Crippen molar-refractivity contribution in [2.45, 2.75) is 20.8 Å². The van der Waals surface area contributed by atoms with Gasteiger partial charge in [-0.2, -0.15) is 5.10 Å². The molecule has 130 valence electrons. The highest BCUT2D eigenvalue weighted by molar-refractivity contribution is 5.89. The van der Waals surface area contributed by atoms with Crippen LogP contribution < -0.4 is 15.5 Å². The van der Waals surface area contributed by atoms with Gasteiger partial charge in [-0.25, -0.2) is 5.43 Å². The maximum absolute atomic E-state index is 11.8. The Morgan fingerprint density at radius 1 is 1.12 bits per heavy atom. The number of ether oxygens (including phenoxy) is 1. The largest absolute Gasteiger partial charge is 0.483 e. The topological polar surface area (TPSA) is 79.8 Å². The smallest absolute Gasteiger partial charge is 0.277 e. The summed E-state index contributed by atoms with van der Waals surface area (Å²) in [6.07, 6.45) is 1.52. The quantitative estimate of drug-likeness (QED) is 0.627. The summed E-state index contributed by atoms with van der Waals surface area (Å²) in [6, 6.07) is 12.9. The molecule has 0 aromatic heterocycles. The van der Waals surface area contributed by atoms with Crippen LogP contribution in [0.4, 0.5) is 5.69 Å². The minimum Gasteiger partial charge on any atom is -0.483 e. The third-order valence-electron chi connectivity index (χ3n) is 3.34. The van der Waals surface area contributed by atoms with Crippen LogP contribution in [0.2, 0.25) is 0 Å². The molecule has 6 nitrogen and oxygen atoms in total. The number of rotatable bonds is 6. The molecule has 0 bridgehead atoms. The van der Waals surface area contributed by atoms with E-state index in [2.05, 4.69) is 15.8 Å². The van der Waals surface area contributed by atoms with Crippen LogP contribution in [0.3, 0.4) is 0 Å². The van der Waals surface area contributed by atoms with E-state index in [1.54, 1.807) is 24.3 Å². The zero-order valence-corrected chi connectivity index (χ0v) is 14.5. The Morgan fingerprint density at radius 2 is 1.84 bits per heavy atom. The molecule has 0 heterocycles. The molecular formula is C19H21N3O3. The number of aryl methyl sites for hydroxylation is 2. The van der Waals surface area contributed by atoms with Crippen molar-refractivity contribution < 1.29 is 14.3 Å². The van der Waals surface area contributed by atoms with Crippen molar-refractivity contribution in [1.82, 2.24) is 5.43 Å². The summed E-state index contributed by atoms with van der Waals surface area (Å²) >= 11 is 0. The minimum absolute atomic E-state index is 0.108. The normalized spacial score (nSPS) is 10.5. The SMILES string of the molecule is CC(=O)Nc1ccc(/C=N\NC(=O)COc2cc(C)ccc2C)cc1. The van der Waals surface area contributed by atoms with Crippen molar-refractivity contribution in [3.63, 3.8) is 0 Å². The first-order valence-corrected chi connectivity index (χ1v) is 7.83. The van der Waals surface area contributed by atoms with Gasteiger partial charge in [-0.05, 0) is 48.7 Å². The predicted octanol–water partition coefficient (Wildman–Crippen LogP) is 2.79. The van der Waals surface area contributed by atoms with E-state index in [0.717, 1.165) is 16.7 Å². The fourth-order valence-corrected chi connectivity index (χ4v) is 2.07. The van der Waals surface area contributed by atoms with Crippen molar-refractivity contribution in [3.8, 4) is 5.75 Å². The number of hydrogen-bond donors (Lipinski definition) is 2. The van der Waals surface area contributed by atoms with Gasteiger partial charge in [-0.15, -0.1) is 0 Å². The molecule has 0 spiro atoms. The van der Waals surface area contributed by atoms with Gasteiger partial charge in [0, 0.05) is 12.6 Å². The number of carbonyl (C=O) groups excluding carboxylic acids is 2. The second-order valence-corrected chi connectivity index (χ2v) is 5.65. The molecule has 2 N–H and O–H groups in total. The van der Waals surface area contributed by atoms with Crippen LogP contribution in [0.5, 0.6) is 5.75 Å². The van der Waals surface area contributed by atoms with Crippen molar-refractivity contribution in [3.05, 3.63) is 59.2 Å². The van der Waals surface area contributed by atoms with E-state index in [-0.39, 0.29) is 18.4 Å². The van der Waals surface area contributed by atoms with Gasteiger partial charge in [0.25, 0.3) is 5.91 Å². The number of anilines is 1. The number of amides is 2. The van der Waals surface area contributed by atoms with Gasteiger partial charge in [0.15, 0.2) is 6.61 Å². The third kappa shape index (κ3) is 6.10. The first-order valence-electron chi connectivity index (χ1n) is 7.83. The molecule has 0 aliphatic heterocycles. The number of nitrogens with zero attached hydrogens (tertiary/aromatic N) is 1. The van der Waals surface area contributed by atoms with Crippen LogP contribution in [-0.4, -0.2) is 24.6 Å². The average Bonchev–Trinajstić information content (AvgIpc) is 2.57. The Hall–Kier alpha value is -3.15. The number of hydrogen-bond acceptors (Lipinski definition) is 4. The Balaban J connectivity index is 1.82. The highest BCUT2D eigenvalue weighted by Crippen LogP contribution is 2.18. The van der Waals surface area contributed by atoms with Crippen LogP contribution in [0, 0.1) is 13.8 Å². The van der Waals surface area contributed by atoms with Crippen LogP contribution in [0.25, 0.3) is 0 Å². The van der Waals surface area contributed by atoms with Gasteiger partial charge in [0.1, 0.15) is 5.75 Å². The second kappa shape index (κ2) is 8.63. The van der Waals surface area contributed by atoms with E-state index in [4.69, 9.17) is 4.74 Å². The molecule has 0 atom stereocenters. The van der Waals surface area contributed by atoms with Gasteiger partial charge in [-0.3, -0.25) is 9.59 Å². The molecule has 0 radical (unpaired) electrons. The van der Waals surface area contributed by atoms with E-state index in [9.17, 15) is 9.59 Å². The number of nitrogens with one attached hydrogen (secondary N) is 2. The monoisotopic (exact) mass is 339 g/mol. The summed E-state index contributed by atoms with van der Waals surface area (Å²) in [5, 5.41) is 6.57. The lowest BCUT2D eigenvalue weighted by Gasteiger charge is -2.08. The summed E-state index contributed by atoms with van der Waals surface area (Å²) in [7, 11) is 0. The number of hydrazone groups is 1. The summed E-state index contributed by atoms with van der Waals surface area (Å²) in [5.41, 5.74) is 5.96. The Kier molecular flexibility index (Phi) is 6.28. The second-order valence-electron chi connectivity index (χ2n) is 5.65. The lowest BCUT2D eigenvalue weighted by Crippen LogP contribution is -2.24. The lowest BCUT2D eigenvalue weighted by molar-refractivity contribution is -0.123. The lowest BCUT2D eigenvalue weighted by atomic mass is 10.1. The summed E-state index contributed by atoms with van der Waals surface area (Å²) in [6.45, 7) is 5.23. The van der Waals surface area contributed by atoms with Gasteiger partial charge in [-0.1, -0.05) is 24.3 Å². The van der Waals surface area contributed by atoms with Crippen LogP contribution >= 0.6 is 0 Å². The van der Waals surface area contributed by atoms with Crippen LogP contribution in [0.1, 0.15) is 23.6 Å². The Morgan fingerprint density at radius 3 is 2.52 bits per heavy atom. The molecule has 0 aliphatic carbocycles. The zero-order chi connectivity index (χ0) is 18.2. The first-order chi connectivity index (χ1) is 11.9. The molecule has 2 rings (SSSR count). The first kappa shape index (κ1) is 18.2. The van der Waals surface area contributed by atoms with E-state index in [1.165, 1.54) is 13.1 Å². The molecule has 25 heavy (non-hydrogen) atoms. The standard InChI is InChI=1S/C19H21N3O3/c1-13-4-5-14(2)18(10-13)25-12-19(24)22-20-11-16-6-8-17(9-7-16)21-15(3)23/h4-11H,12H2,1-3H3,(H,21,23)(H,22,24)/b20-11-. The van der Waals surface area contributed by atoms with Crippen molar-refractivity contribution in [2.75, 3.05) is 11.9 Å². The fourth-order valence-electron chi connectivity index (χ4n) is 2.07. The average molecular weight is 339 g/mol. The molecule has 0 fully saturated rings. The third-order valence-corrected chi connectivity index (χ3v) is 3.34. The van der Waals surface area contributed by atoms with E-state index in [1.807, 2.05) is 32.0 Å². The summed E-state index contributed by atoms with van der Waals surface area (Å²) < 4.78 is 5.51. The van der Waals surface area contributed by atoms with Crippen molar-refractivity contribution in [2.24, 2.45) is 5.10 Å². The molecule has 2 aromatic carbocycles. The van der Waals surface area contributed by atoms with Gasteiger partial charge in [0.05, 0.1) is 6.21 Å². The predicted molar refractivity (Wildman–Crippen MR) is 97.9 cm³/mol. The Labute approximate surface area is 146 Å². The number of carbonyl (C=O) groups is 2. The zero-order valence-electron chi connectivity index (χ0n) is 14.5. The maximum Gasteiger partial charge on any atom is 0.277 e. The number of benzene rings is 2. The van der Waals surface area contributed by atoms with Crippen molar-refractivity contribution in [1.29, 1.82) is 0 Å².